The molecule has 1 aromatic rings. The molecule has 17 heavy (non-hydrogen) atoms. The number of hydrogen-bond donors (Lipinski definition) is 2. The number of fused-ring (bicyclic) bond motifs is 1. The van der Waals surface area contributed by atoms with Crippen molar-refractivity contribution in [2.24, 2.45) is 5.92 Å². The average molecular weight is 232 g/mol. The van der Waals surface area contributed by atoms with Crippen LogP contribution in [0.5, 0.6) is 0 Å². The van der Waals surface area contributed by atoms with E-state index in [1.165, 1.54) is 0 Å². The second kappa shape index (κ2) is 4.57. The van der Waals surface area contributed by atoms with E-state index in [4.69, 9.17) is 0 Å². The summed E-state index contributed by atoms with van der Waals surface area (Å²) in [6.07, 6.45) is 0.847. The number of rotatable bonds is 2. The topological polar surface area (TPSA) is 58.2 Å². The fourth-order valence-corrected chi connectivity index (χ4v) is 1.78. The highest BCUT2D eigenvalue weighted by atomic mass is 16.2. The minimum atomic E-state index is -0.0696. The Balaban J connectivity index is 2.24. The zero-order chi connectivity index (χ0) is 12.4. The van der Waals surface area contributed by atoms with Crippen molar-refractivity contribution in [3.05, 3.63) is 29.3 Å². The van der Waals surface area contributed by atoms with Crippen LogP contribution >= 0.6 is 0 Å². The fourth-order valence-electron chi connectivity index (χ4n) is 1.78. The van der Waals surface area contributed by atoms with E-state index in [0.29, 0.717) is 17.8 Å². The normalized spacial score (nSPS) is 14.2. The van der Waals surface area contributed by atoms with E-state index >= 15 is 0 Å². The molecule has 0 atom stereocenters. The van der Waals surface area contributed by atoms with Crippen LogP contribution in [0.3, 0.4) is 0 Å². The van der Waals surface area contributed by atoms with Gasteiger partial charge in [-0.1, -0.05) is 19.9 Å². The number of benzene rings is 1. The van der Waals surface area contributed by atoms with Gasteiger partial charge in [-0.2, -0.15) is 0 Å². The molecule has 0 bridgehead atoms. The van der Waals surface area contributed by atoms with Gasteiger partial charge in [0, 0.05) is 23.7 Å². The Morgan fingerprint density at radius 1 is 1.41 bits per heavy atom. The van der Waals surface area contributed by atoms with Gasteiger partial charge in [-0.05, 0) is 24.1 Å². The highest BCUT2D eigenvalue weighted by Crippen LogP contribution is 2.19. The van der Waals surface area contributed by atoms with Gasteiger partial charge < -0.3 is 10.6 Å². The van der Waals surface area contributed by atoms with Gasteiger partial charge in [0.15, 0.2) is 0 Å². The van der Waals surface area contributed by atoms with E-state index in [1.807, 2.05) is 26.0 Å². The minimum absolute atomic E-state index is 0.0406. The van der Waals surface area contributed by atoms with Crippen LogP contribution in [0, 0.1) is 5.92 Å². The second-order valence-electron chi connectivity index (χ2n) is 4.52. The maximum atomic E-state index is 11.6. The minimum Gasteiger partial charge on any atom is -0.352 e. The highest BCUT2D eigenvalue weighted by Gasteiger charge is 2.17. The van der Waals surface area contributed by atoms with Gasteiger partial charge in [-0.25, -0.2) is 0 Å². The van der Waals surface area contributed by atoms with Gasteiger partial charge in [0.2, 0.25) is 5.91 Å². The van der Waals surface area contributed by atoms with Gasteiger partial charge in [0.1, 0.15) is 0 Å². The molecule has 90 valence electrons. The van der Waals surface area contributed by atoms with Gasteiger partial charge in [0.25, 0.3) is 5.91 Å². The van der Waals surface area contributed by atoms with Crippen molar-refractivity contribution in [1.82, 2.24) is 5.32 Å². The second-order valence-corrected chi connectivity index (χ2v) is 4.52. The Labute approximate surface area is 100 Å². The molecule has 2 N–H and O–H groups in total. The maximum Gasteiger partial charge on any atom is 0.251 e. The van der Waals surface area contributed by atoms with Crippen molar-refractivity contribution in [1.29, 1.82) is 0 Å². The molecular weight excluding hydrogens is 216 g/mol. The van der Waals surface area contributed by atoms with Crippen LogP contribution in [0.25, 0.3) is 0 Å². The Kier molecular flexibility index (Phi) is 3.13. The third kappa shape index (κ3) is 2.46. The number of carbonyl (C=O) groups is 2. The van der Waals surface area contributed by atoms with Crippen molar-refractivity contribution in [3.8, 4) is 0 Å². The smallest absolute Gasteiger partial charge is 0.251 e. The van der Waals surface area contributed by atoms with Gasteiger partial charge >= 0.3 is 0 Å². The summed E-state index contributed by atoms with van der Waals surface area (Å²) < 4.78 is 0. The number of amides is 2. The zero-order valence-electron chi connectivity index (χ0n) is 10.0. The molecule has 0 fully saturated rings. The number of hydrogen-bond acceptors (Lipinski definition) is 2. The molecule has 0 spiro atoms. The van der Waals surface area contributed by atoms with E-state index in [-0.39, 0.29) is 17.7 Å². The van der Waals surface area contributed by atoms with Crippen LogP contribution in [0.2, 0.25) is 0 Å². The summed E-state index contributed by atoms with van der Waals surface area (Å²) in [5.41, 5.74) is 2.38. The third-order valence-corrected chi connectivity index (χ3v) is 2.83. The first-order valence-corrected chi connectivity index (χ1v) is 5.80. The van der Waals surface area contributed by atoms with E-state index in [0.717, 1.165) is 12.0 Å². The number of nitrogens with one attached hydrogen (secondary N) is 2. The molecule has 2 rings (SSSR count). The molecule has 0 unspecified atom stereocenters. The van der Waals surface area contributed by atoms with E-state index in [1.54, 1.807) is 6.07 Å². The summed E-state index contributed by atoms with van der Waals surface area (Å²) in [7, 11) is 0. The largest absolute Gasteiger partial charge is 0.352 e. The van der Waals surface area contributed by atoms with Gasteiger partial charge in [0.05, 0.1) is 0 Å². The van der Waals surface area contributed by atoms with Crippen molar-refractivity contribution < 1.29 is 9.59 Å². The number of carbonyl (C=O) groups excluding carboxylic acids is 2. The first-order valence-electron chi connectivity index (χ1n) is 5.80. The predicted molar refractivity (Wildman–Crippen MR) is 65.9 cm³/mol. The molecule has 4 nitrogen and oxygen atoms in total. The summed E-state index contributed by atoms with van der Waals surface area (Å²) in [6.45, 7) is 4.35. The summed E-state index contributed by atoms with van der Waals surface area (Å²) in [6, 6.07) is 5.49. The molecule has 0 aliphatic carbocycles. The lowest BCUT2D eigenvalue weighted by Gasteiger charge is -2.17. The first kappa shape index (κ1) is 11.6. The molecule has 1 aliphatic rings. The van der Waals surface area contributed by atoms with Crippen LogP contribution in [0.15, 0.2) is 18.2 Å². The van der Waals surface area contributed by atoms with Gasteiger partial charge in [-0.15, -0.1) is 0 Å². The molecule has 1 aliphatic heterocycles. The van der Waals surface area contributed by atoms with Crippen molar-refractivity contribution in [3.63, 3.8) is 0 Å². The van der Waals surface area contributed by atoms with Crippen LogP contribution < -0.4 is 10.6 Å². The van der Waals surface area contributed by atoms with Crippen LogP contribution in [0.1, 0.15) is 29.8 Å². The maximum absolute atomic E-state index is 11.6. The molecular formula is C13H16N2O2. The third-order valence-electron chi connectivity index (χ3n) is 2.83. The lowest BCUT2D eigenvalue weighted by atomic mass is 9.99. The van der Waals surface area contributed by atoms with E-state index in [2.05, 4.69) is 10.6 Å². The number of anilines is 1. The molecule has 4 heteroatoms. The Bertz CT molecular complexity index is 466. The van der Waals surface area contributed by atoms with Crippen LogP contribution in [0.4, 0.5) is 5.69 Å². The first-order chi connectivity index (χ1) is 8.08. The molecule has 0 aromatic heterocycles. The summed E-state index contributed by atoms with van der Waals surface area (Å²) >= 11 is 0. The zero-order valence-corrected chi connectivity index (χ0v) is 10.0. The molecule has 1 heterocycles. The highest BCUT2D eigenvalue weighted by molar-refractivity contribution is 5.99. The van der Waals surface area contributed by atoms with Crippen molar-refractivity contribution in [2.75, 3.05) is 11.9 Å². The van der Waals surface area contributed by atoms with Crippen molar-refractivity contribution >= 4 is 17.5 Å². The SMILES string of the molecule is CC(C)C(=O)Nc1ccc2c(c1)C(=O)NCC2. The Hall–Kier alpha value is -1.84. The molecule has 0 saturated carbocycles. The summed E-state index contributed by atoms with van der Waals surface area (Å²) in [5, 5.41) is 5.58. The standard InChI is InChI=1S/C13H16N2O2/c1-8(2)12(16)15-10-4-3-9-5-6-14-13(17)11(9)7-10/h3-4,7-8H,5-6H2,1-2H3,(H,14,17)(H,15,16). The Morgan fingerprint density at radius 3 is 2.88 bits per heavy atom. The summed E-state index contributed by atoms with van der Waals surface area (Å²) in [5.74, 6) is -0.173. The predicted octanol–water partition coefficient (Wildman–Crippen LogP) is 1.57. The van der Waals surface area contributed by atoms with E-state index in [9.17, 15) is 9.59 Å². The Morgan fingerprint density at radius 2 is 2.18 bits per heavy atom. The van der Waals surface area contributed by atoms with Gasteiger partial charge in [-0.3, -0.25) is 9.59 Å². The molecule has 0 saturated heterocycles. The van der Waals surface area contributed by atoms with Crippen molar-refractivity contribution in [2.45, 2.75) is 20.3 Å². The molecule has 0 radical (unpaired) electrons. The quantitative estimate of drug-likeness (QED) is 0.813. The summed E-state index contributed by atoms with van der Waals surface area (Å²) in [4.78, 5) is 23.2. The monoisotopic (exact) mass is 232 g/mol. The van der Waals surface area contributed by atoms with E-state index < -0.39 is 0 Å². The molecule has 1 aromatic carbocycles. The lowest BCUT2D eigenvalue weighted by Crippen LogP contribution is -2.32. The fraction of sp³-hybridized carbons (Fsp3) is 0.385. The lowest BCUT2D eigenvalue weighted by molar-refractivity contribution is -0.118. The van der Waals surface area contributed by atoms with Crippen LogP contribution in [-0.4, -0.2) is 18.4 Å². The molecule has 2 amide bonds. The van der Waals surface area contributed by atoms with Crippen LogP contribution in [-0.2, 0) is 11.2 Å². The average Bonchev–Trinajstić information content (AvgIpc) is 2.30.